The highest BCUT2D eigenvalue weighted by molar-refractivity contribution is 6.99. The topological polar surface area (TPSA) is 154 Å². The van der Waals surface area contributed by atoms with Crippen LogP contribution in [-0.4, -0.2) is 49.2 Å². The van der Waals surface area contributed by atoms with E-state index in [2.05, 4.69) is 60.0 Å². The molecule has 0 unspecified atom stereocenters. The first-order chi connectivity index (χ1) is 19.6. The highest BCUT2D eigenvalue weighted by Crippen LogP contribution is 2.40. The van der Waals surface area contributed by atoms with E-state index in [0.717, 1.165) is 10.4 Å². The number of nitrogens with zero attached hydrogens (tertiary/aromatic N) is 5. The third-order valence-electron chi connectivity index (χ3n) is 7.43. The van der Waals surface area contributed by atoms with Gasteiger partial charge in [0.2, 0.25) is 0 Å². The molecule has 4 rings (SSSR count). The summed E-state index contributed by atoms with van der Waals surface area (Å²) in [5.74, 6) is -0.895. The second-order valence-corrected chi connectivity index (χ2v) is 15.4. The van der Waals surface area contributed by atoms with Crippen molar-refractivity contribution in [1.29, 1.82) is 0 Å². The second kappa shape index (κ2) is 12.7. The van der Waals surface area contributed by atoms with E-state index in [-0.39, 0.29) is 17.4 Å². The molecule has 2 N–H and O–H groups in total. The van der Waals surface area contributed by atoms with E-state index in [4.69, 9.17) is 25.2 Å². The lowest BCUT2D eigenvalue weighted by Gasteiger charge is -2.43. The van der Waals surface area contributed by atoms with Crippen LogP contribution in [0, 0.1) is 5.92 Å². The summed E-state index contributed by atoms with van der Waals surface area (Å²) in [4.78, 5) is 31.6. The minimum Gasteiger partial charge on any atom is -0.457 e. The summed E-state index contributed by atoms with van der Waals surface area (Å²) >= 11 is 0. The number of nitrogen functional groups attached to an aromatic ring is 1. The number of hydrogen-bond acceptors (Lipinski definition) is 8. The molecule has 0 amide bonds. The highest BCUT2D eigenvalue weighted by Gasteiger charge is 2.51. The zero-order valence-corrected chi connectivity index (χ0v) is 24.7. The zero-order chi connectivity index (χ0) is 29.6. The van der Waals surface area contributed by atoms with Crippen molar-refractivity contribution < 1.29 is 18.7 Å². The third kappa shape index (κ3) is 6.36. The number of carbonyl (C=O) groups excluding carboxylic acids is 1. The van der Waals surface area contributed by atoms with Crippen LogP contribution in [0.1, 0.15) is 40.3 Å². The summed E-state index contributed by atoms with van der Waals surface area (Å²) in [7, 11) is -2.83. The molecule has 11 nitrogen and oxygen atoms in total. The van der Waals surface area contributed by atoms with Gasteiger partial charge in [0.15, 0.2) is 12.3 Å². The van der Waals surface area contributed by atoms with Gasteiger partial charge in [0.05, 0.1) is 12.6 Å². The number of azide groups is 1. The van der Waals surface area contributed by atoms with Crippen LogP contribution in [0.4, 0.5) is 5.82 Å². The lowest BCUT2D eigenvalue weighted by molar-refractivity contribution is -0.154. The molecule has 41 heavy (non-hydrogen) atoms. The van der Waals surface area contributed by atoms with Crippen molar-refractivity contribution in [2.75, 3.05) is 18.9 Å². The maximum absolute atomic E-state index is 12.7. The number of hydrogen-bond donors (Lipinski definition) is 1. The van der Waals surface area contributed by atoms with Gasteiger partial charge in [-0.05, 0) is 33.4 Å². The fourth-order valence-electron chi connectivity index (χ4n) is 5.72. The minimum atomic E-state index is -2.83. The second-order valence-electron chi connectivity index (χ2n) is 11.1. The molecule has 1 saturated heterocycles. The number of anilines is 1. The molecule has 1 aliphatic rings. The van der Waals surface area contributed by atoms with Crippen molar-refractivity contribution >= 4 is 30.5 Å². The Morgan fingerprint density at radius 3 is 2.24 bits per heavy atom. The maximum atomic E-state index is 12.7. The van der Waals surface area contributed by atoms with E-state index in [9.17, 15) is 9.59 Å². The predicted molar refractivity (Wildman–Crippen MR) is 158 cm³/mol. The average molecular weight is 577 g/mol. The fraction of sp³-hybridized carbons (Fsp3) is 0.414. The largest absolute Gasteiger partial charge is 0.457 e. The van der Waals surface area contributed by atoms with E-state index < -0.39 is 44.3 Å². The monoisotopic (exact) mass is 576 g/mol. The van der Waals surface area contributed by atoms with Gasteiger partial charge in [-0.3, -0.25) is 9.36 Å². The number of aromatic nitrogens is 2. The average Bonchev–Trinajstić information content (AvgIpc) is 3.26. The molecule has 1 aliphatic heterocycles. The van der Waals surface area contributed by atoms with E-state index in [0.29, 0.717) is 13.0 Å². The van der Waals surface area contributed by atoms with E-state index in [1.165, 1.54) is 23.8 Å². The van der Waals surface area contributed by atoms with Gasteiger partial charge in [-0.2, -0.15) is 4.98 Å². The molecule has 3 aromatic rings. The van der Waals surface area contributed by atoms with Crippen LogP contribution >= 0.6 is 0 Å². The van der Waals surface area contributed by atoms with Crippen LogP contribution in [0.5, 0.6) is 0 Å². The van der Waals surface area contributed by atoms with Crippen LogP contribution < -0.4 is 21.8 Å². The molecule has 0 aliphatic carbocycles. The van der Waals surface area contributed by atoms with Crippen molar-refractivity contribution in [3.8, 4) is 0 Å². The van der Waals surface area contributed by atoms with Crippen molar-refractivity contribution in [2.24, 2.45) is 11.0 Å². The standard InChI is InChI=1S/C29H36N6O5Si/c1-20(36)39-26-23(24(19-32-34-31)40-27(26)35-17-15-25(30)33-28(35)37)16-18-38-41(29(2,3)4,21-11-7-5-8-12-21)22-13-9-6-10-14-22/h5-15,17,23-24,26-27H,16,18-19H2,1-4H3,(H2,30,33,37)/t23-,24-,26-,27-/m1/s1. The van der Waals surface area contributed by atoms with Crippen molar-refractivity contribution in [2.45, 2.75) is 57.6 Å². The lowest BCUT2D eigenvalue weighted by atomic mass is 9.94. The Balaban J connectivity index is 1.71. The highest BCUT2D eigenvalue weighted by atomic mass is 28.4. The number of rotatable bonds is 10. The summed E-state index contributed by atoms with van der Waals surface area (Å²) in [5, 5.41) is 5.78. The van der Waals surface area contributed by atoms with Gasteiger partial charge >= 0.3 is 11.7 Å². The Morgan fingerprint density at radius 2 is 1.73 bits per heavy atom. The van der Waals surface area contributed by atoms with Crippen LogP contribution in [0.3, 0.4) is 0 Å². The molecule has 0 saturated carbocycles. The Labute approximate surface area is 240 Å². The van der Waals surface area contributed by atoms with Crippen LogP contribution in [0.25, 0.3) is 10.4 Å². The predicted octanol–water partition coefficient (Wildman–Crippen LogP) is 3.55. The summed E-state index contributed by atoms with van der Waals surface area (Å²) in [5.41, 5.74) is 14.1. The molecule has 216 valence electrons. The minimum absolute atomic E-state index is 0.00814. The summed E-state index contributed by atoms with van der Waals surface area (Å²) < 4.78 is 20.3. The molecule has 12 heteroatoms. The Kier molecular flexibility index (Phi) is 9.29. The third-order valence-corrected chi connectivity index (χ3v) is 12.5. The van der Waals surface area contributed by atoms with Gasteiger partial charge in [-0.25, -0.2) is 4.79 Å². The van der Waals surface area contributed by atoms with Crippen molar-refractivity contribution in [3.05, 3.63) is 93.9 Å². The molecule has 1 aromatic heterocycles. The smallest absolute Gasteiger partial charge is 0.351 e. The Hall–Kier alpha value is -3.96. The SMILES string of the molecule is CC(=O)O[C@@H]1[C@H](CCO[Si](c2ccccc2)(c2ccccc2)C(C)(C)C)[C@@H](CN=[N+]=[N-])O[C@H]1n1ccc(N)nc1=O. The van der Waals surface area contributed by atoms with Gasteiger partial charge < -0.3 is 19.6 Å². The number of nitrogens with two attached hydrogens (primary N) is 1. The van der Waals surface area contributed by atoms with Crippen molar-refractivity contribution in [3.63, 3.8) is 0 Å². The molecule has 2 aromatic carbocycles. The molecule has 0 radical (unpaired) electrons. The van der Waals surface area contributed by atoms with E-state index in [1.54, 1.807) is 0 Å². The normalized spacial score (nSPS) is 20.8. The van der Waals surface area contributed by atoms with Gasteiger partial charge in [0, 0.05) is 30.6 Å². The quantitative estimate of drug-likeness (QED) is 0.127. The number of esters is 1. The molecule has 2 heterocycles. The lowest BCUT2D eigenvalue weighted by Crippen LogP contribution is -2.66. The maximum Gasteiger partial charge on any atom is 0.351 e. The Morgan fingerprint density at radius 1 is 1.12 bits per heavy atom. The zero-order valence-electron chi connectivity index (χ0n) is 23.7. The first-order valence-corrected chi connectivity index (χ1v) is 15.4. The van der Waals surface area contributed by atoms with Crippen LogP contribution in [0.2, 0.25) is 5.04 Å². The molecule has 1 fully saturated rings. The van der Waals surface area contributed by atoms with Crippen LogP contribution in [-0.2, 0) is 18.7 Å². The summed E-state index contributed by atoms with van der Waals surface area (Å²) in [6.07, 6.45) is -0.583. The number of carbonyl (C=O) groups is 1. The molecular weight excluding hydrogens is 540 g/mol. The molecule has 0 bridgehead atoms. The first kappa shape index (κ1) is 30.0. The molecular formula is C29H36N6O5Si. The fourth-order valence-corrected chi connectivity index (χ4v) is 10.3. The van der Waals surface area contributed by atoms with Gasteiger partial charge in [0.1, 0.15) is 5.82 Å². The van der Waals surface area contributed by atoms with Gasteiger partial charge in [-0.1, -0.05) is 86.5 Å². The van der Waals surface area contributed by atoms with Gasteiger partial charge in [-0.15, -0.1) is 0 Å². The number of ether oxygens (including phenoxy) is 2. The molecule has 0 spiro atoms. The van der Waals surface area contributed by atoms with Crippen LogP contribution in [0.15, 0.2) is 82.8 Å². The molecule has 4 atom stereocenters. The summed E-state index contributed by atoms with van der Waals surface area (Å²) in [6.45, 7) is 8.19. The summed E-state index contributed by atoms with van der Waals surface area (Å²) in [6, 6.07) is 22.0. The first-order valence-electron chi connectivity index (χ1n) is 13.5. The van der Waals surface area contributed by atoms with E-state index in [1.807, 2.05) is 36.4 Å². The van der Waals surface area contributed by atoms with Crippen molar-refractivity contribution in [1.82, 2.24) is 9.55 Å². The van der Waals surface area contributed by atoms with Gasteiger partial charge in [0.25, 0.3) is 8.32 Å². The number of benzene rings is 2. The van der Waals surface area contributed by atoms with E-state index >= 15 is 0 Å². The Bertz CT molecular complexity index is 1400.